The van der Waals surface area contributed by atoms with Gasteiger partial charge in [-0.15, -0.1) is 6.58 Å². The Hall–Kier alpha value is -1.48. The summed E-state index contributed by atoms with van der Waals surface area (Å²) < 4.78 is 15.7. The highest BCUT2D eigenvalue weighted by atomic mass is 16.7. The number of esters is 1. The second-order valence-electron chi connectivity index (χ2n) is 5.77. The van der Waals surface area contributed by atoms with Crippen molar-refractivity contribution in [2.45, 2.75) is 56.5 Å². The lowest BCUT2D eigenvalue weighted by molar-refractivity contribution is -0.238. The van der Waals surface area contributed by atoms with Crippen LogP contribution >= 0.6 is 0 Å². The number of carboxylic acids is 1. The number of rotatable bonds is 14. The van der Waals surface area contributed by atoms with Crippen molar-refractivity contribution in [1.29, 1.82) is 0 Å². The summed E-state index contributed by atoms with van der Waals surface area (Å²) in [5.41, 5.74) is -1.49. The molecular weight excluding hydrogens is 320 g/mol. The largest absolute Gasteiger partial charge is 0.481 e. The first-order valence-corrected chi connectivity index (χ1v) is 8.00. The second-order valence-corrected chi connectivity index (χ2v) is 5.77. The SMILES string of the molecule is C=CCC(O)(CC1CO1)C(OCCO)OC(=O)CCCCC(=O)O. The van der Waals surface area contributed by atoms with Crippen molar-refractivity contribution in [2.24, 2.45) is 0 Å². The van der Waals surface area contributed by atoms with E-state index in [1.54, 1.807) is 0 Å². The van der Waals surface area contributed by atoms with Crippen molar-refractivity contribution in [3.63, 3.8) is 0 Å². The molecule has 8 nitrogen and oxygen atoms in total. The molecule has 3 N–H and O–H groups in total. The highest BCUT2D eigenvalue weighted by Gasteiger charge is 2.44. The molecule has 0 aromatic rings. The molecule has 24 heavy (non-hydrogen) atoms. The summed E-state index contributed by atoms with van der Waals surface area (Å²) in [4.78, 5) is 22.4. The fourth-order valence-corrected chi connectivity index (χ4v) is 2.29. The van der Waals surface area contributed by atoms with Gasteiger partial charge in [0.05, 0.1) is 25.9 Å². The minimum atomic E-state index is -1.49. The second kappa shape index (κ2) is 10.4. The molecule has 138 valence electrons. The van der Waals surface area contributed by atoms with E-state index in [2.05, 4.69) is 6.58 Å². The van der Waals surface area contributed by atoms with E-state index in [0.29, 0.717) is 19.4 Å². The van der Waals surface area contributed by atoms with Crippen LogP contribution in [0.25, 0.3) is 0 Å². The summed E-state index contributed by atoms with van der Waals surface area (Å²) in [6.07, 6.45) is 1.22. The van der Waals surface area contributed by atoms with Crippen molar-refractivity contribution >= 4 is 11.9 Å². The molecule has 0 bridgehead atoms. The lowest BCUT2D eigenvalue weighted by Crippen LogP contribution is -2.48. The zero-order chi connectivity index (χ0) is 18.0. The zero-order valence-corrected chi connectivity index (χ0v) is 13.7. The maximum absolute atomic E-state index is 11.9. The first kappa shape index (κ1) is 20.6. The minimum Gasteiger partial charge on any atom is -0.481 e. The van der Waals surface area contributed by atoms with E-state index >= 15 is 0 Å². The van der Waals surface area contributed by atoms with Gasteiger partial charge < -0.3 is 29.5 Å². The van der Waals surface area contributed by atoms with Crippen molar-refractivity contribution in [3.8, 4) is 0 Å². The number of carbonyl (C=O) groups excluding carboxylic acids is 1. The first-order valence-electron chi connectivity index (χ1n) is 8.00. The molecule has 3 atom stereocenters. The van der Waals surface area contributed by atoms with Gasteiger partial charge in [0.15, 0.2) is 0 Å². The molecular formula is C16H26O8. The van der Waals surface area contributed by atoms with Gasteiger partial charge in [0.1, 0.15) is 5.60 Å². The predicted molar refractivity (Wildman–Crippen MR) is 83.1 cm³/mol. The van der Waals surface area contributed by atoms with Crippen LogP contribution in [0.2, 0.25) is 0 Å². The van der Waals surface area contributed by atoms with Crippen LogP contribution in [0, 0.1) is 0 Å². The molecule has 1 saturated heterocycles. The Morgan fingerprint density at radius 1 is 1.38 bits per heavy atom. The molecule has 1 aliphatic heterocycles. The number of aliphatic carboxylic acids is 1. The van der Waals surface area contributed by atoms with E-state index < -0.39 is 23.8 Å². The number of aliphatic hydroxyl groups excluding tert-OH is 1. The minimum absolute atomic E-state index is 0.0167. The lowest BCUT2D eigenvalue weighted by atomic mass is 9.93. The van der Waals surface area contributed by atoms with Gasteiger partial charge in [0.2, 0.25) is 6.29 Å². The molecule has 1 aliphatic rings. The Labute approximate surface area is 141 Å². The van der Waals surface area contributed by atoms with Crippen molar-refractivity contribution in [1.82, 2.24) is 0 Å². The maximum atomic E-state index is 11.9. The fourth-order valence-electron chi connectivity index (χ4n) is 2.29. The van der Waals surface area contributed by atoms with Crippen LogP contribution < -0.4 is 0 Å². The Kier molecular flexibility index (Phi) is 8.91. The third kappa shape index (κ3) is 7.87. The van der Waals surface area contributed by atoms with Crippen LogP contribution in [-0.2, 0) is 23.8 Å². The van der Waals surface area contributed by atoms with E-state index in [1.807, 2.05) is 0 Å². The van der Waals surface area contributed by atoms with Crippen molar-refractivity contribution < 1.29 is 39.1 Å². The van der Waals surface area contributed by atoms with Crippen molar-refractivity contribution in [3.05, 3.63) is 12.7 Å². The van der Waals surface area contributed by atoms with E-state index in [0.717, 1.165) is 0 Å². The first-order chi connectivity index (χ1) is 11.4. The number of aliphatic hydroxyl groups is 2. The summed E-state index contributed by atoms with van der Waals surface area (Å²) in [6.45, 7) is 3.74. The van der Waals surface area contributed by atoms with Crippen LogP contribution in [0.3, 0.4) is 0 Å². The molecule has 0 aliphatic carbocycles. The quantitative estimate of drug-likeness (QED) is 0.137. The van der Waals surface area contributed by atoms with E-state index in [-0.39, 0.29) is 45.0 Å². The lowest BCUT2D eigenvalue weighted by Gasteiger charge is -2.34. The Bertz CT molecular complexity index is 420. The van der Waals surface area contributed by atoms with Gasteiger partial charge in [-0.1, -0.05) is 6.08 Å². The zero-order valence-electron chi connectivity index (χ0n) is 13.7. The molecule has 1 fully saturated rings. The Morgan fingerprint density at radius 3 is 2.58 bits per heavy atom. The van der Waals surface area contributed by atoms with Crippen LogP contribution in [0.4, 0.5) is 0 Å². The predicted octanol–water partition coefficient (Wildman–Crippen LogP) is 0.606. The van der Waals surface area contributed by atoms with Crippen LogP contribution in [0.1, 0.15) is 38.5 Å². The molecule has 0 saturated carbocycles. The van der Waals surface area contributed by atoms with Crippen LogP contribution in [0.15, 0.2) is 12.7 Å². The van der Waals surface area contributed by atoms with E-state index in [1.165, 1.54) is 6.08 Å². The molecule has 8 heteroatoms. The number of ether oxygens (including phenoxy) is 3. The highest BCUT2D eigenvalue weighted by molar-refractivity contribution is 5.70. The highest BCUT2D eigenvalue weighted by Crippen LogP contribution is 2.31. The van der Waals surface area contributed by atoms with Gasteiger partial charge in [0.25, 0.3) is 0 Å². The van der Waals surface area contributed by atoms with Crippen molar-refractivity contribution in [2.75, 3.05) is 19.8 Å². The van der Waals surface area contributed by atoms with Gasteiger partial charge in [0, 0.05) is 25.7 Å². The Morgan fingerprint density at radius 2 is 2.04 bits per heavy atom. The van der Waals surface area contributed by atoms with Gasteiger partial charge in [-0.05, 0) is 12.8 Å². The molecule has 3 unspecified atom stereocenters. The number of carboxylic acid groups (broad SMARTS) is 1. The molecule has 0 aromatic heterocycles. The van der Waals surface area contributed by atoms with E-state index in [9.17, 15) is 14.7 Å². The standard InChI is InChI=1S/C16H26O8/c1-2-7-16(21,10-12-11-23-12)15(22-9-8-17)24-14(20)6-4-3-5-13(18)19/h2,12,15,17,21H,1,3-11H2,(H,18,19). The normalized spacial score (nSPS) is 20.0. The number of hydrogen-bond acceptors (Lipinski definition) is 7. The van der Waals surface area contributed by atoms with Gasteiger partial charge in [-0.3, -0.25) is 9.59 Å². The number of unbranched alkanes of at least 4 members (excludes halogenated alkanes) is 1. The topological polar surface area (TPSA) is 126 Å². The summed E-state index contributed by atoms with van der Waals surface area (Å²) in [5.74, 6) is -1.51. The molecule has 0 amide bonds. The van der Waals surface area contributed by atoms with Gasteiger partial charge >= 0.3 is 11.9 Å². The summed E-state index contributed by atoms with van der Waals surface area (Å²) >= 11 is 0. The number of epoxide rings is 1. The molecule has 1 rings (SSSR count). The molecule has 0 aromatic carbocycles. The summed E-state index contributed by atoms with van der Waals surface area (Å²) in [5, 5.41) is 28.3. The monoisotopic (exact) mass is 346 g/mol. The third-order valence-corrected chi connectivity index (χ3v) is 3.54. The number of carbonyl (C=O) groups is 2. The van der Waals surface area contributed by atoms with Gasteiger partial charge in [-0.2, -0.15) is 0 Å². The van der Waals surface area contributed by atoms with E-state index in [4.69, 9.17) is 24.4 Å². The maximum Gasteiger partial charge on any atom is 0.308 e. The average Bonchev–Trinajstić information content (AvgIpc) is 3.31. The molecule has 0 radical (unpaired) electrons. The van der Waals surface area contributed by atoms with Gasteiger partial charge in [-0.25, -0.2) is 0 Å². The van der Waals surface area contributed by atoms with Crippen LogP contribution in [-0.4, -0.2) is 65.1 Å². The smallest absolute Gasteiger partial charge is 0.308 e. The van der Waals surface area contributed by atoms with Crippen LogP contribution in [0.5, 0.6) is 0 Å². The Balaban J connectivity index is 2.58. The fraction of sp³-hybridized carbons (Fsp3) is 0.750. The average molecular weight is 346 g/mol. The number of hydrogen-bond donors (Lipinski definition) is 3. The molecule has 1 heterocycles. The molecule has 0 spiro atoms. The third-order valence-electron chi connectivity index (χ3n) is 3.54. The summed E-state index contributed by atoms with van der Waals surface area (Å²) in [7, 11) is 0. The summed E-state index contributed by atoms with van der Waals surface area (Å²) in [6, 6.07) is 0.